The van der Waals surface area contributed by atoms with Gasteiger partial charge in [0.25, 0.3) is 0 Å². The molecule has 0 spiro atoms. The van der Waals surface area contributed by atoms with Gasteiger partial charge in [-0.25, -0.2) is 8.78 Å². The van der Waals surface area contributed by atoms with Crippen LogP contribution in [-0.2, 0) is 4.79 Å². The van der Waals surface area contributed by atoms with Crippen molar-refractivity contribution < 1.29 is 13.6 Å². The van der Waals surface area contributed by atoms with Crippen LogP contribution in [0.5, 0.6) is 0 Å². The molecule has 1 unspecified atom stereocenters. The number of halogens is 2. The highest BCUT2D eigenvalue weighted by Crippen LogP contribution is 2.24. The largest absolute Gasteiger partial charge is 0.325 e. The number of benzene rings is 2. The van der Waals surface area contributed by atoms with Crippen LogP contribution in [0.25, 0.3) is 5.69 Å². The van der Waals surface area contributed by atoms with Crippen molar-refractivity contribution in [1.82, 2.24) is 20.2 Å². The minimum absolute atomic E-state index is 0.287. The molecular weight excluding hydrogens is 348 g/mol. The lowest BCUT2D eigenvalue weighted by molar-refractivity contribution is -0.115. The highest BCUT2D eigenvalue weighted by atomic mass is 32.2. The number of hydrogen-bond acceptors (Lipinski definition) is 5. The molecule has 1 heterocycles. The van der Waals surface area contributed by atoms with Crippen molar-refractivity contribution in [3.05, 3.63) is 60.2 Å². The highest BCUT2D eigenvalue weighted by Gasteiger charge is 2.19. The zero-order chi connectivity index (χ0) is 17.8. The Balaban J connectivity index is 1.71. The lowest BCUT2D eigenvalue weighted by atomic mass is 10.3. The van der Waals surface area contributed by atoms with E-state index in [4.69, 9.17) is 0 Å². The third-order valence-electron chi connectivity index (χ3n) is 3.26. The van der Waals surface area contributed by atoms with E-state index in [1.54, 1.807) is 19.1 Å². The van der Waals surface area contributed by atoms with Crippen molar-refractivity contribution in [2.24, 2.45) is 0 Å². The third-order valence-corrected chi connectivity index (χ3v) is 4.29. The zero-order valence-corrected chi connectivity index (χ0v) is 13.9. The van der Waals surface area contributed by atoms with Gasteiger partial charge in [-0.15, -0.1) is 5.10 Å². The van der Waals surface area contributed by atoms with Gasteiger partial charge in [-0.1, -0.05) is 17.8 Å². The summed E-state index contributed by atoms with van der Waals surface area (Å²) in [5, 5.41) is 13.8. The fourth-order valence-electron chi connectivity index (χ4n) is 2.01. The van der Waals surface area contributed by atoms with E-state index in [0.29, 0.717) is 16.5 Å². The molecule has 0 aliphatic rings. The Bertz CT molecular complexity index is 884. The van der Waals surface area contributed by atoms with Crippen molar-refractivity contribution in [2.75, 3.05) is 5.32 Å². The molecule has 0 saturated heterocycles. The van der Waals surface area contributed by atoms with Gasteiger partial charge in [0, 0.05) is 5.69 Å². The lowest BCUT2D eigenvalue weighted by Crippen LogP contribution is -2.22. The van der Waals surface area contributed by atoms with E-state index in [-0.39, 0.29) is 11.7 Å². The summed E-state index contributed by atoms with van der Waals surface area (Å²) in [5.41, 5.74) is 0.946. The minimum Gasteiger partial charge on any atom is -0.325 e. The van der Waals surface area contributed by atoms with Gasteiger partial charge in [0.15, 0.2) is 0 Å². The number of rotatable bonds is 5. The monoisotopic (exact) mass is 361 g/mol. The maximum absolute atomic E-state index is 13.4. The second-order valence-corrected chi connectivity index (χ2v) is 6.42. The fraction of sp³-hybridized carbons (Fsp3) is 0.125. The third kappa shape index (κ3) is 4.18. The van der Waals surface area contributed by atoms with Gasteiger partial charge in [0.1, 0.15) is 11.6 Å². The number of thioether (sulfide) groups is 1. The first-order valence-corrected chi connectivity index (χ1v) is 8.18. The van der Waals surface area contributed by atoms with E-state index in [9.17, 15) is 13.6 Å². The second-order valence-electron chi connectivity index (χ2n) is 5.11. The standard InChI is InChI=1S/C16H13F2N5OS/c1-10(15(24)19-13-7-5-11(17)6-8-13)25-16-20-21-22-23(16)14-4-2-3-12(18)9-14/h2-10H,1H3,(H,19,24). The Morgan fingerprint density at radius 1 is 1.16 bits per heavy atom. The lowest BCUT2D eigenvalue weighted by Gasteiger charge is -2.11. The SMILES string of the molecule is CC(Sc1nnnn1-c1cccc(F)c1)C(=O)Nc1ccc(F)cc1. The summed E-state index contributed by atoms with van der Waals surface area (Å²) in [4.78, 5) is 12.3. The smallest absolute Gasteiger partial charge is 0.237 e. The van der Waals surface area contributed by atoms with Crippen molar-refractivity contribution in [2.45, 2.75) is 17.3 Å². The van der Waals surface area contributed by atoms with E-state index in [1.165, 1.54) is 41.1 Å². The molecule has 25 heavy (non-hydrogen) atoms. The van der Waals surface area contributed by atoms with Crippen LogP contribution in [0.3, 0.4) is 0 Å². The van der Waals surface area contributed by atoms with Gasteiger partial charge in [0.05, 0.1) is 10.9 Å². The van der Waals surface area contributed by atoms with Crippen LogP contribution in [-0.4, -0.2) is 31.4 Å². The maximum atomic E-state index is 13.4. The Kier molecular flexibility index (Phi) is 5.03. The molecule has 0 radical (unpaired) electrons. The van der Waals surface area contributed by atoms with E-state index in [0.717, 1.165) is 11.8 Å². The molecule has 1 aromatic heterocycles. The molecule has 0 aliphatic carbocycles. The number of nitrogens with one attached hydrogen (secondary N) is 1. The van der Waals surface area contributed by atoms with Crippen molar-refractivity contribution >= 4 is 23.4 Å². The molecule has 1 amide bonds. The quantitative estimate of drug-likeness (QED) is 0.707. The van der Waals surface area contributed by atoms with Gasteiger partial charge < -0.3 is 5.32 Å². The van der Waals surface area contributed by atoms with E-state index < -0.39 is 11.1 Å². The van der Waals surface area contributed by atoms with Crippen LogP contribution in [0.4, 0.5) is 14.5 Å². The molecule has 0 saturated carbocycles. The van der Waals surface area contributed by atoms with Crippen molar-refractivity contribution in [1.29, 1.82) is 0 Å². The van der Waals surface area contributed by atoms with Crippen LogP contribution in [0.15, 0.2) is 53.7 Å². The van der Waals surface area contributed by atoms with Gasteiger partial charge in [-0.05, 0) is 59.8 Å². The number of aromatic nitrogens is 4. The fourth-order valence-corrected chi connectivity index (χ4v) is 2.82. The number of hydrogen-bond donors (Lipinski definition) is 1. The summed E-state index contributed by atoms with van der Waals surface area (Å²) in [6.45, 7) is 1.69. The summed E-state index contributed by atoms with van der Waals surface area (Å²) in [6, 6.07) is 11.3. The summed E-state index contributed by atoms with van der Waals surface area (Å²) in [5.74, 6) is -1.08. The number of anilines is 1. The first-order chi connectivity index (χ1) is 12.0. The Hall–Kier alpha value is -2.81. The van der Waals surface area contributed by atoms with Crippen LogP contribution in [0.2, 0.25) is 0 Å². The van der Waals surface area contributed by atoms with Gasteiger partial charge in [-0.3, -0.25) is 4.79 Å². The molecule has 1 atom stereocenters. The predicted octanol–water partition coefficient (Wildman–Crippen LogP) is 3.06. The van der Waals surface area contributed by atoms with Gasteiger partial charge in [0.2, 0.25) is 11.1 Å². The highest BCUT2D eigenvalue weighted by molar-refractivity contribution is 8.00. The predicted molar refractivity (Wildman–Crippen MR) is 89.5 cm³/mol. The first kappa shape index (κ1) is 17.0. The number of tetrazole rings is 1. The number of nitrogens with zero attached hydrogens (tertiary/aromatic N) is 4. The molecule has 6 nitrogen and oxygen atoms in total. The summed E-state index contributed by atoms with van der Waals surface area (Å²) in [7, 11) is 0. The molecule has 128 valence electrons. The zero-order valence-electron chi connectivity index (χ0n) is 13.1. The number of carbonyl (C=O) groups excluding carboxylic acids is 1. The van der Waals surface area contributed by atoms with Crippen molar-refractivity contribution in [3.8, 4) is 5.69 Å². The Morgan fingerprint density at radius 2 is 1.92 bits per heavy atom. The summed E-state index contributed by atoms with van der Waals surface area (Å²) < 4.78 is 27.6. The van der Waals surface area contributed by atoms with E-state index in [1.807, 2.05) is 0 Å². The molecule has 3 aromatic rings. The average Bonchev–Trinajstić information content (AvgIpc) is 3.05. The molecular formula is C16H13F2N5OS. The van der Waals surface area contributed by atoms with Crippen LogP contribution >= 0.6 is 11.8 Å². The van der Waals surface area contributed by atoms with Crippen LogP contribution < -0.4 is 5.32 Å². The summed E-state index contributed by atoms with van der Waals surface area (Å²) >= 11 is 1.13. The molecule has 1 N–H and O–H groups in total. The molecule has 2 aromatic carbocycles. The van der Waals surface area contributed by atoms with Crippen molar-refractivity contribution in [3.63, 3.8) is 0 Å². The normalized spacial score (nSPS) is 12.0. The van der Waals surface area contributed by atoms with Gasteiger partial charge in [-0.2, -0.15) is 4.68 Å². The van der Waals surface area contributed by atoms with E-state index in [2.05, 4.69) is 20.8 Å². The molecule has 0 aliphatic heterocycles. The molecule has 0 bridgehead atoms. The first-order valence-electron chi connectivity index (χ1n) is 7.30. The average molecular weight is 361 g/mol. The molecule has 9 heteroatoms. The number of amides is 1. The summed E-state index contributed by atoms with van der Waals surface area (Å²) in [6.07, 6.45) is 0. The van der Waals surface area contributed by atoms with Crippen LogP contribution in [0, 0.1) is 11.6 Å². The second kappa shape index (κ2) is 7.39. The molecule has 0 fully saturated rings. The Labute approximate surface area is 146 Å². The topological polar surface area (TPSA) is 72.7 Å². The maximum Gasteiger partial charge on any atom is 0.237 e. The van der Waals surface area contributed by atoms with Crippen LogP contribution in [0.1, 0.15) is 6.92 Å². The number of carbonyl (C=O) groups is 1. The molecule has 3 rings (SSSR count). The minimum atomic E-state index is -0.525. The van der Waals surface area contributed by atoms with E-state index >= 15 is 0 Å². The van der Waals surface area contributed by atoms with Gasteiger partial charge >= 0.3 is 0 Å². The Morgan fingerprint density at radius 3 is 2.64 bits per heavy atom.